The van der Waals surface area contributed by atoms with Crippen LogP contribution in [0.4, 0.5) is 5.69 Å². The van der Waals surface area contributed by atoms with Crippen LogP contribution in [0.2, 0.25) is 0 Å². The lowest BCUT2D eigenvalue weighted by Crippen LogP contribution is -2.35. The molecule has 27 heavy (non-hydrogen) atoms. The fourth-order valence-electron chi connectivity index (χ4n) is 3.45. The molecule has 4 nitrogen and oxygen atoms in total. The molecular formula is C22H30BrN3O. The van der Waals surface area contributed by atoms with Gasteiger partial charge in [0.25, 0.3) is 5.91 Å². The number of amides is 1. The summed E-state index contributed by atoms with van der Waals surface area (Å²) in [6, 6.07) is 9.80. The number of nitrogens with one attached hydrogen (secondary N) is 2. The topological polar surface area (TPSA) is 64.9 Å². The number of hydrogen-bond acceptors (Lipinski definition) is 3. The van der Waals surface area contributed by atoms with Gasteiger partial charge in [-0.2, -0.15) is 5.26 Å². The highest BCUT2D eigenvalue weighted by Crippen LogP contribution is 2.18. The van der Waals surface area contributed by atoms with E-state index in [1.807, 2.05) is 30.3 Å². The van der Waals surface area contributed by atoms with Crippen LogP contribution in [0.25, 0.3) is 0 Å². The van der Waals surface area contributed by atoms with Crippen LogP contribution in [0.5, 0.6) is 0 Å². The van der Waals surface area contributed by atoms with Crippen molar-refractivity contribution in [3.63, 3.8) is 0 Å². The third-order valence-corrected chi connectivity index (χ3v) is 5.51. The molecular weight excluding hydrogens is 402 g/mol. The van der Waals surface area contributed by atoms with E-state index in [9.17, 15) is 10.1 Å². The van der Waals surface area contributed by atoms with Crippen molar-refractivity contribution < 1.29 is 4.79 Å². The maximum atomic E-state index is 12.6. The number of nitriles is 1. The molecule has 1 saturated carbocycles. The number of rotatable bonds is 4. The SMILES string of the molecule is N#C/C(=C/Nc1cccc(Br)c1)C(=O)NC1CCCCCCCCCCC1. The molecule has 2 rings (SSSR count). The lowest BCUT2D eigenvalue weighted by atomic mass is 9.98. The molecule has 0 aliphatic heterocycles. The summed E-state index contributed by atoms with van der Waals surface area (Å²) in [4.78, 5) is 12.6. The Kier molecular flexibility index (Phi) is 10.0. The average molecular weight is 432 g/mol. The summed E-state index contributed by atoms with van der Waals surface area (Å²) in [5.41, 5.74) is 0.942. The van der Waals surface area contributed by atoms with E-state index in [0.717, 1.165) is 35.8 Å². The molecule has 1 aliphatic rings. The number of anilines is 1. The van der Waals surface area contributed by atoms with Gasteiger partial charge < -0.3 is 10.6 Å². The standard InChI is InChI=1S/C22H30BrN3O/c23-19-11-10-14-21(15-19)25-17-18(16-24)22(27)26-20-12-8-6-4-2-1-3-5-7-9-13-20/h10-11,14-15,17,20,25H,1-9,12-13H2,(H,26,27)/b18-17-. The summed E-state index contributed by atoms with van der Waals surface area (Å²) in [5.74, 6) is -0.280. The Balaban J connectivity index is 1.91. The van der Waals surface area contributed by atoms with Crippen LogP contribution < -0.4 is 10.6 Å². The zero-order valence-electron chi connectivity index (χ0n) is 16.0. The van der Waals surface area contributed by atoms with Crippen molar-refractivity contribution in [1.29, 1.82) is 5.26 Å². The molecule has 1 aromatic rings. The first-order valence-electron chi connectivity index (χ1n) is 10.1. The number of carbonyl (C=O) groups excluding carboxylic acids is 1. The molecule has 0 unspecified atom stereocenters. The third-order valence-electron chi connectivity index (χ3n) is 5.01. The summed E-state index contributed by atoms with van der Waals surface area (Å²) in [6.45, 7) is 0. The molecule has 5 heteroatoms. The van der Waals surface area contributed by atoms with Crippen LogP contribution in [-0.4, -0.2) is 11.9 Å². The lowest BCUT2D eigenvalue weighted by molar-refractivity contribution is -0.117. The number of benzene rings is 1. The molecule has 0 atom stereocenters. The first-order chi connectivity index (χ1) is 13.2. The van der Waals surface area contributed by atoms with Crippen LogP contribution in [-0.2, 0) is 4.79 Å². The van der Waals surface area contributed by atoms with E-state index in [0.29, 0.717) is 0 Å². The molecule has 2 N–H and O–H groups in total. The number of hydrogen-bond donors (Lipinski definition) is 2. The fraction of sp³-hybridized carbons (Fsp3) is 0.545. The quantitative estimate of drug-likeness (QED) is 0.449. The van der Waals surface area contributed by atoms with Gasteiger partial charge in [-0.15, -0.1) is 0 Å². The summed E-state index contributed by atoms with van der Waals surface area (Å²) in [7, 11) is 0. The molecule has 0 bridgehead atoms. The minimum atomic E-state index is -0.280. The summed E-state index contributed by atoms with van der Waals surface area (Å²) in [6.07, 6.45) is 14.9. The molecule has 0 spiro atoms. The normalized spacial score (nSPS) is 17.9. The highest BCUT2D eigenvalue weighted by Gasteiger charge is 2.16. The summed E-state index contributed by atoms with van der Waals surface area (Å²) in [5, 5.41) is 15.5. The summed E-state index contributed by atoms with van der Waals surface area (Å²) >= 11 is 3.41. The van der Waals surface area contributed by atoms with Crippen molar-refractivity contribution >= 4 is 27.5 Å². The maximum Gasteiger partial charge on any atom is 0.263 e. The van der Waals surface area contributed by atoms with E-state index in [1.165, 1.54) is 51.1 Å². The predicted octanol–water partition coefficient (Wildman–Crippen LogP) is 6.06. The first-order valence-corrected chi connectivity index (χ1v) is 10.9. The fourth-order valence-corrected chi connectivity index (χ4v) is 3.85. The van der Waals surface area contributed by atoms with Gasteiger partial charge in [0.15, 0.2) is 0 Å². The largest absolute Gasteiger partial charge is 0.360 e. The van der Waals surface area contributed by atoms with Crippen LogP contribution in [0, 0.1) is 11.3 Å². The third kappa shape index (κ3) is 8.62. The van der Waals surface area contributed by atoms with Gasteiger partial charge in [0.1, 0.15) is 11.6 Å². The molecule has 0 saturated heterocycles. The smallest absolute Gasteiger partial charge is 0.263 e. The van der Waals surface area contributed by atoms with Crippen LogP contribution in [0.3, 0.4) is 0 Å². The van der Waals surface area contributed by atoms with Gasteiger partial charge in [0.05, 0.1) is 0 Å². The summed E-state index contributed by atoms with van der Waals surface area (Å²) < 4.78 is 0.942. The second kappa shape index (κ2) is 12.6. The second-order valence-corrected chi connectivity index (χ2v) is 8.17. The van der Waals surface area contributed by atoms with Gasteiger partial charge in [0.2, 0.25) is 0 Å². The van der Waals surface area contributed by atoms with Gasteiger partial charge in [-0.25, -0.2) is 0 Å². The van der Waals surface area contributed by atoms with Crippen molar-refractivity contribution in [2.24, 2.45) is 0 Å². The lowest BCUT2D eigenvalue weighted by Gasteiger charge is -2.19. The van der Waals surface area contributed by atoms with Gasteiger partial charge in [0, 0.05) is 22.4 Å². The first kappa shape index (κ1) is 21.5. The van der Waals surface area contributed by atoms with Crippen molar-refractivity contribution in [3.05, 3.63) is 40.5 Å². The van der Waals surface area contributed by atoms with Crippen molar-refractivity contribution in [3.8, 4) is 6.07 Å². The molecule has 0 heterocycles. The Morgan fingerprint density at radius 1 is 1.04 bits per heavy atom. The van der Waals surface area contributed by atoms with E-state index in [4.69, 9.17) is 0 Å². The Labute approximate surface area is 171 Å². The zero-order valence-corrected chi connectivity index (χ0v) is 17.6. The number of halogens is 1. The highest BCUT2D eigenvalue weighted by atomic mass is 79.9. The highest BCUT2D eigenvalue weighted by molar-refractivity contribution is 9.10. The molecule has 0 radical (unpaired) electrons. The minimum Gasteiger partial charge on any atom is -0.360 e. The average Bonchev–Trinajstić information content (AvgIpc) is 2.64. The molecule has 1 fully saturated rings. The maximum absolute atomic E-state index is 12.6. The second-order valence-electron chi connectivity index (χ2n) is 7.25. The molecule has 0 aromatic heterocycles. The van der Waals surface area contributed by atoms with Crippen LogP contribution in [0.15, 0.2) is 40.5 Å². The molecule has 1 amide bonds. The van der Waals surface area contributed by atoms with Gasteiger partial charge in [-0.05, 0) is 31.0 Å². The van der Waals surface area contributed by atoms with Gasteiger partial charge in [-0.1, -0.05) is 79.8 Å². The molecule has 146 valence electrons. The van der Waals surface area contributed by atoms with Gasteiger partial charge in [-0.3, -0.25) is 4.79 Å². The van der Waals surface area contributed by atoms with E-state index < -0.39 is 0 Å². The minimum absolute atomic E-state index is 0.112. The van der Waals surface area contributed by atoms with Gasteiger partial charge >= 0.3 is 0 Å². The van der Waals surface area contributed by atoms with Crippen LogP contribution in [0.1, 0.15) is 70.6 Å². The Morgan fingerprint density at radius 3 is 2.19 bits per heavy atom. The van der Waals surface area contributed by atoms with Crippen molar-refractivity contribution in [1.82, 2.24) is 5.32 Å². The number of carbonyl (C=O) groups is 1. The van der Waals surface area contributed by atoms with E-state index >= 15 is 0 Å². The Hall–Kier alpha value is -1.80. The van der Waals surface area contributed by atoms with Crippen molar-refractivity contribution in [2.45, 2.75) is 76.7 Å². The Bertz CT molecular complexity index is 654. The zero-order chi connectivity index (χ0) is 19.3. The van der Waals surface area contributed by atoms with E-state index in [-0.39, 0.29) is 17.5 Å². The number of nitrogens with zero attached hydrogens (tertiary/aromatic N) is 1. The molecule has 1 aliphatic carbocycles. The van der Waals surface area contributed by atoms with E-state index in [2.05, 4.69) is 26.6 Å². The monoisotopic (exact) mass is 431 g/mol. The Morgan fingerprint density at radius 2 is 1.63 bits per heavy atom. The molecule has 1 aromatic carbocycles. The van der Waals surface area contributed by atoms with E-state index in [1.54, 1.807) is 0 Å². The van der Waals surface area contributed by atoms with Crippen molar-refractivity contribution in [2.75, 3.05) is 5.32 Å². The van der Waals surface area contributed by atoms with Crippen LogP contribution >= 0.6 is 15.9 Å². The predicted molar refractivity (Wildman–Crippen MR) is 114 cm³/mol.